The third kappa shape index (κ3) is 6.70. The number of fused-ring (bicyclic) bond motifs is 1. The Bertz CT molecular complexity index is 1430. The largest absolute Gasteiger partial charge is 0.304 e. The van der Waals surface area contributed by atoms with E-state index in [4.69, 9.17) is 9.97 Å². The van der Waals surface area contributed by atoms with Crippen LogP contribution in [0.5, 0.6) is 0 Å². The van der Waals surface area contributed by atoms with E-state index >= 15 is 0 Å². The number of likely N-dealkylation sites (tertiary alicyclic amines) is 2. The topological polar surface area (TPSA) is 79.5 Å². The van der Waals surface area contributed by atoms with Crippen molar-refractivity contribution < 1.29 is 4.39 Å². The first kappa shape index (κ1) is 30.7. The van der Waals surface area contributed by atoms with Crippen LogP contribution in [0.25, 0.3) is 11.3 Å². The van der Waals surface area contributed by atoms with E-state index in [9.17, 15) is 9.65 Å². The van der Waals surface area contributed by atoms with Gasteiger partial charge in [0, 0.05) is 37.5 Å². The van der Waals surface area contributed by atoms with Crippen molar-refractivity contribution in [2.75, 3.05) is 62.9 Å². The molecule has 0 radical (unpaired) electrons. The average Bonchev–Trinajstić information content (AvgIpc) is 3.83. The Balaban J connectivity index is 1.12. The zero-order valence-corrected chi connectivity index (χ0v) is 27.6. The van der Waals surface area contributed by atoms with E-state index < -0.39 is 0 Å². The molecule has 0 bridgehead atoms. The smallest absolute Gasteiger partial charge is 0.192 e. The molecule has 2 unspecified atom stereocenters. The fourth-order valence-corrected chi connectivity index (χ4v) is 9.01. The van der Waals surface area contributed by atoms with Gasteiger partial charge >= 0.3 is 0 Å². The Morgan fingerprint density at radius 1 is 1.14 bits per heavy atom. The summed E-state index contributed by atoms with van der Waals surface area (Å²) in [5.41, 5.74) is 6.13. The Hall–Kier alpha value is -2.34. The summed E-state index contributed by atoms with van der Waals surface area (Å²) in [6.45, 7) is 7.98. The first-order valence-corrected chi connectivity index (χ1v) is 17.9. The van der Waals surface area contributed by atoms with Crippen LogP contribution in [0.3, 0.4) is 0 Å². The molecule has 6 rings (SSSR count). The van der Waals surface area contributed by atoms with Crippen molar-refractivity contribution >= 4 is 46.0 Å². The summed E-state index contributed by atoms with van der Waals surface area (Å²) in [7, 11) is 4.24. The second-order valence-electron chi connectivity index (χ2n) is 11.4. The van der Waals surface area contributed by atoms with E-state index in [1.165, 1.54) is 81.0 Å². The summed E-state index contributed by atoms with van der Waals surface area (Å²) in [6.07, 6.45) is 7.16. The van der Waals surface area contributed by atoms with Crippen LogP contribution in [0, 0.1) is 17.1 Å². The van der Waals surface area contributed by atoms with Crippen LogP contribution >= 0.6 is 35.0 Å². The lowest BCUT2D eigenvalue weighted by atomic mass is 10.1. The van der Waals surface area contributed by atoms with Gasteiger partial charge in [0.25, 0.3) is 0 Å². The minimum absolute atomic E-state index is 0.109. The number of thiazole rings is 1. The molecule has 230 valence electrons. The number of aryl methyl sites for hydroxylation is 1. The summed E-state index contributed by atoms with van der Waals surface area (Å²) in [4.78, 5) is 17.5. The molecule has 2 fully saturated rings. The van der Waals surface area contributed by atoms with Gasteiger partial charge in [-0.3, -0.25) is 10.3 Å². The minimum Gasteiger partial charge on any atom is -0.304 e. The number of nitriles is 1. The zero-order chi connectivity index (χ0) is 29.9. The van der Waals surface area contributed by atoms with Gasteiger partial charge in [-0.2, -0.15) is 5.26 Å². The van der Waals surface area contributed by atoms with Gasteiger partial charge in [0.15, 0.2) is 16.1 Å². The highest BCUT2D eigenvalue weighted by Gasteiger charge is 2.36. The summed E-state index contributed by atoms with van der Waals surface area (Å²) < 4.78 is 18.1. The van der Waals surface area contributed by atoms with Crippen LogP contribution in [-0.2, 0) is 6.42 Å². The fourth-order valence-electron chi connectivity index (χ4n) is 6.13. The molecule has 9 nitrogen and oxygen atoms in total. The molecule has 0 aliphatic carbocycles. The summed E-state index contributed by atoms with van der Waals surface area (Å²) in [6, 6.07) is 8.94. The molecule has 2 saturated heterocycles. The van der Waals surface area contributed by atoms with Crippen molar-refractivity contribution in [2.45, 2.75) is 62.1 Å². The van der Waals surface area contributed by atoms with Gasteiger partial charge in [0.2, 0.25) is 0 Å². The monoisotopic (exact) mass is 641 g/mol. The molecule has 2 atom stereocenters. The van der Waals surface area contributed by atoms with Crippen molar-refractivity contribution in [3.05, 3.63) is 40.7 Å². The van der Waals surface area contributed by atoms with Crippen molar-refractivity contribution in [2.24, 2.45) is 0 Å². The minimum atomic E-state index is -0.311. The van der Waals surface area contributed by atoms with E-state index in [-0.39, 0.29) is 11.3 Å². The van der Waals surface area contributed by atoms with E-state index in [0.29, 0.717) is 21.7 Å². The first-order valence-electron chi connectivity index (χ1n) is 15.2. The van der Waals surface area contributed by atoms with Gasteiger partial charge in [-0.05, 0) is 101 Å². The molecule has 0 spiro atoms. The van der Waals surface area contributed by atoms with Crippen molar-refractivity contribution in [1.82, 2.24) is 28.7 Å². The quantitative estimate of drug-likeness (QED) is 0.205. The third-order valence-corrected chi connectivity index (χ3v) is 11.8. The number of halogens is 1. The van der Waals surface area contributed by atoms with Crippen LogP contribution in [-0.4, -0.2) is 92.9 Å². The van der Waals surface area contributed by atoms with E-state index in [2.05, 4.69) is 44.2 Å². The number of rotatable bonds is 11. The molecule has 1 aromatic carbocycles. The van der Waals surface area contributed by atoms with Crippen LogP contribution in [0.1, 0.15) is 49.6 Å². The lowest BCUT2D eigenvalue weighted by molar-refractivity contribution is 0.159. The number of aromatic nitrogens is 3. The molecule has 13 heteroatoms. The molecular weight excluding hydrogens is 602 g/mol. The van der Waals surface area contributed by atoms with Crippen molar-refractivity contribution in [3.8, 4) is 17.3 Å². The highest BCUT2D eigenvalue weighted by molar-refractivity contribution is 8.00. The maximum absolute atomic E-state index is 13.5. The standard InChI is InChI=1S/C30H40FN9S3/c1-4-24-27(36(2)28-34-26(25(19-32)42-28)21-10-12-22(31)13-11-21)40-29(33-24)43-30(35-40)39-17-7-9-23(20-39)37(3)41-18-8-16-38-14-5-6-15-38/h10-13,23,30,35H,4-9,14-18,20H2,1-3H3. The number of hydrogen-bond acceptors (Lipinski definition) is 11. The molecule has 3 aliphatic heterocycles. The fraction of sp³-hybridized carbons (Fsp3) is 0.567. The SMILES string of the molecule is CCc1nc2n(c1N(C)c1nc(-c3ccc(F)cc3)c(C#N)s1)NC(N1CCCC(N(C)SCCCN3CCCC3)C1)S2. The van der Waals surface area contributed by atoms with Gasteiger partial charge in [-0.1, -0.05) is 30.2 Å². The highest BCUT2D eigenvalue weighted by Crippen LogP contribution is 2.41. The number of hydrogen-bond donors (Lipinski definition) is 1. The number of nitrogens with zero attached hydrogens (tertiary/aromatic N) is 8. The lowest BCUT2D eigenvalue weighted by Gasteiger charge is -2.39. The Morgan fingerprint density at radius 2 is 1.93 bits per heavy atom. The van der Waals surface area contributed by atoms with E-state index in [1.807, 2.05) is 23.9 Å². The molecular formula is C30H40FN9S3. The van der Waals surface area contributed by atoms with Crippen LogP contribution in [0.4, 0.5) is 15.3 Å². The van der Waals surface area contributed by atoms with Crippen LogP contribution < -0.4 is 10.3 Å². The molecule has 0 amide bonds. The number of anilines is 2. The Morgan fingerprint density at radius 3 is 2.67 bits per heavy atom. The summed E-state index contributed by atoms with van der Waals surface area (Å²) in [5, 5.41) is 11.5. The van der Waals surface area contributed by atoms with E-state index in [0.717, 1.165) is 41.7 Å². The molecule has 43 heavy (non-hydrogen) atoms. The number of benzene rings is 1. The molecule has 1 N–H and O–H groups in total. The second kappa shape index (κ2) is 13.7. The Labute approximate surface area is 266 Å². The van der Waals surface area contributed by atoms with Gasteiger partial charge in [0.05, 0.1) is 5.69 Å². The average molecular weight is 642 g/mol. The highest BCUT2D eigenvalue weighted by atomic mass is 32.2. The normalized spacial score (nSPS) is 20.8. The van der Waals surface area contributed by atoms with Crippen LogP contribution in [0.2, 0.25) is 0 Å². The van der Waals surface area contributed by atoms with Gasteiger partial charge in [-0.15, -0.1) is 0 Å². The van der Waals surface area contributed by atoms with Crippen LogP contribution in [0.15, 0.2) is 29.4 Å². The summed E-state index contributed by atoms with van der Waals surface area (Å²) >= 11 is 5.10. The second-order valence-corrected chi connectivity index (χ2v) is 14.6. The number of thioether (sulfide) groups is 1. The van der Waals surface area contributed by atoms with E-state index in [1.54, 1.807) is 23.9 Å². The van der Waals surface area contributed by atoms with Gasteiger partial charge in [-0.25, -0.2) is 23.3 Å². The maximum atomic E-state index is 13.5. The maximum Gasteiger partial charge on any atom is 0.192 e. The number of nitrogens with one attached hydrogen (secondary N) is 1. The number of likely N-dealkylation sites (N-methyl/N-ethyl adjacent to an activating group) is 1. The third-order valence-electron chi connectivity index (χ3n) is 8.51. The summed E-state index contributed by atoms with van der Waals surface area (Å²) in [5.74, 6) is 1.81. The number of piperidine rings is 1. The predicted molar refractivity (Wildman–Crippen MR) is 176 cm³/mol. The molecule has 2 aromatic heterocycles. The first-order chi connectivity index (χ1) is 20.9. The zero-order valence-electron chi connectivity index (χ0n) is 25.1. The van der Waals surface area contributed by atoms with Crippen molar-refractivity contribution in [1.29, 1.82) is 5.26 Å². The van der Waals surface area contributed by atoms with Gasteiger partial charge < -0.3 is 9.80 Å². The molecule has 0 saturated carbocycles. The predicted octanol–water partition coefficient (Wildman–Crippen LogP) is 5.81. The molecule has 5 heterocycles. The molecule has 3 aromatic rings. The lowest BCUT2D eigenvalue weighted by Crippen LogP contribution is -2.50. The van der Waals surface area contributed by atoms with Gasteiger partial charge in [0.1, 0.15) is 28.0 Å². The molecule has 3 aliphatic rings. The number of imidazole rings is 1. The Kier molecular flexibility index (Phi) is 9.81. The van der Waals surface area contributed by atoms with Crippen molar-refractivity contribution in [3.63, 3.8) is 0 Å².